The van der Waals surface area contributed by atoms with Crippen molar-refractivity contribution < 1.29 is 14.0 Å². The molecule has 1 aliphatic carbocycles. The summed E-state index contributed by atoms with van der Waals surface area (Å²) in [6.45, 7) is 0.673. The van der Waals surface area contributed by atoms with E-state index < -0.39 is 6.04 Å². The fourth-order valence-corrected chi connectivity index (χ4v) is 4.73. The number of hydrogen-bond acceptors (Lipinski definition) is 4. The lowest BCUT2D eigenvalue weighted by atomic mass is 9.94. The Kier molecular flexibility index (Phi) is 6.24. The standard InChI is InChI=1S/C27H29N3O3/c31-26(25-7-4-16-33-25)29-23(17-19-8-10-20(11-9-19)21-12-13-21)27(32)30-15-2-1-6-24(30)22-5-3-14-28-18-22/h3-5,7-11,14,16,18,21,23-24H,1-2,6,12-13,15,17H2,(H,29,31)/t23-,24+/m0/s1. The summed E-state index contributed by atoms with van der Waals surface area (Å²) in [6.07, 6.45) is 10.9. The van der Waals surface area contributed by atoms with Gasteiger partial charge in [0.1, 0.15) is 6.04 Å². The van der Waals surface area contributed by atoms with E-state index in [4.69, 9.17) is 4.42 Å². The molecule has 2 fully saturated rings. The van der Waals surface area contributed by atoms with Gasteiger partial charge in [0.2, 0.25) is 5.91 Å². The molecule has 6 nitrogen and oxygen atoms in total. The van der Waals surface area contributed by atoms with Crippen LogP contribution in [0.4, 0.5) is 0 Å². The summed E-state index contributed by atoms with van der Waals surface area (Å²) in [5.74, 6) is 0.459. The Balaban J connectivity index is 1.39. The van der Waals surface area contributed by atoms with Gasteiger partial charge in [0, 0.05) is 25.4 Å². The number of aromatic nitrogens is 1. The van der Waals surface area contributed by atoms with Gasteiger partial charge >= 0.3 is 0 Å². The highest BCUT2D eigenvalue weighted by Gasteiger charge is 2.34. The second kappa shape index (κ2) is 9.61. The molecule has 0 unspecified atom stereocenters. The zero-order chi connectivity index (χ0) is 22.6. The van der Waals surface area contributed by atoms with Gasteiger partial charge in [-0.2, -0.15) is 0 Å². The van der Waals surface area contributed by atoms with Gasteiger partial charge in [0.25, 0.3) is 5.91 Å². The lowest BCUT2D eigenvalue weighted by Crippen LogP contribution is -2.51. The molecule has 3 heterocycles. The molecule has 3 aromatic rings. The lowest BCUT2D eigenvalue weighted by molar-refractivity contribution is -0.137. The van der Waals surface area contributed by atoms with Crippen molar-refractivity contribution in [3.63, 3.8) is 0 Å². The topological polar surface area (TPSA) is 75.4 Å². The Morgan fingerprint density at radius 3 is 2.58 bits per heavy atom. The number of pyridine rings is 1. The average molecular weight is 444 g/mol. The van der Waals surface area contributed by atoms with E-state index >= 15 is 0 Å². The molecule has 1 saturated carbocycles. The molecule has 170 valence electrons. The van der Waals surface area contributed by atoms with Crippen molar-refractivity contribution in [2.45, 2.75) is 56.5 Å². The monoisotopic (exact) mass is 443 g/mol. The zero-order valence-corrected chi connectivity index (χ0v) is 18.7. The first-order chi connectivity index (χ1) is 16.2. The van der Waals surface area contributed by atoms with Crippen LogP contribution in [0.5, 0.6) is 0 Å². The van der Waals surface area contributed by atoms with E-state index in [0.717, 1.165) is 30.4 Å². The van der Waals surface area contributed by atoms with Gasteiger partial charge < -0.3 is 14.6 Å². The summed E-state index contributed by atoms with van der Waals surface area (Å²) in [5.41, 5.74) is 3.43. The molecule has 1 aliphatic heterocycles. The summed E-state index contributed by atoms with van der Waals surface area (Å²) in [7, 11) is 0. The predicted octanol–water partition coefficient (Wildman–Crippen LogP) is 4.65. The van der Waals surface area contributed by atoms with Crippen LogP contribution in [0.2, 0.25) is 0 Å². The minimum Gasteiger partial charge on any atom is -0.459 e. The second-order valence-corrected chi connectivity index (χ2v) is 9.05. The quantitative estimate of drug-likeness (QED) is 0.577. The third-order valence-electron chi connectivity index (χ3n) is 6.67. The molecule has 1 saturated heterocycles. The van der Waals surface area contributed by atoms with Crippen LogP contribution in [0, 0.1) is 0 Å². The van der Waals surface area contributed by atoms with Gasteiger partial charge in [-0.15, -0.1) is 0 Å². The van der Waals surface area contributed by atoms with Gasteiger partial charge in [0.05, 0.1) is 12.3 Å². The Hall–Kier alpha value is -3.41. The zero-order valence-electron chi connectivity index (χ0n) is 18.7. The number of nitrogens with one attached hydrogen (secondary N) is 1. The number of likely N-dealkylation sites (tertiary alicyclic amines) is 1. The smallest absolute Gasteiger partial charge is 0.287 e. The van der Waals surface area contributed by atoms with Crippen LogP contribution in [0.1, 0.15) is 71.3 Å². The van der Waals surface area contributed by atoms with Crippen LogP contribution in [-0.4, -0.2) is 34.3 Å². The first-order valence-corrected chi connectivity index (χ1v) is 11.8. The minimum absolute atomic E-state index is 0.0276. The van der Waals surface area contributed by atoms with Crippen molar-refractivity contribution in [1.82, 2.24) is 15.2 Å². The van der Waals surface area contributed by atoms with E-state index in [2.05, 4.69) is 34.6 Å². The van der Waals surface area contributed by atoms with Crippen molar-refractivity contribution in [1.29, 1.82) is 0 Å². The number of carbonyl (C=O) groups is 2. The number of furan rings is 1. The maximum atomic E-state index is 13.8. The largest absolute Gasteiger partial charge is 0.459 e. The molecular formula is C27H29N3O3. The number of rotatable bonds is 7. The molecule has 1 N–H and O–H groups in total. The van der Waals surface area contributed by atoms with Crippen LogP contribution >= 0.6 is 0 Å². The molecule has 1 aromatic carbocycles. The maximum Gasteiger partial charge on any atom is 0.287 e. The molecule has 2 aromatic heterocycles. The molecule has 33 heavy (non-hydrogen) atoms. The number of piperidine rings is 1. The van der Waals surface area contributed by atoms with E-state index in [1.54, 1.807) is 18.3 Å². The third-order valence-corrected chi connectivity index (χ3v) is 6.67. The number of benzene rings is 1. The van der Waals surface area contributed by atoms with Crippen molar-refractivity contribution in [3.05, 3.63) is 89.6 Å². The van der Waals surface area contributed by atoms with Crippen LogP contribution in [0.15, 0.2) is 71.6 Å². The predicted molar refractivity (Wildman–Crippen MR) is 125 cm³/mol. The van der Waals surface area contributed by atoms with E-state index in [9.17, 15) is 9.59 Å². The van der Waals surface area contributed by atoms with Crippen LogP contribution in [0.3, 0.4) is 0 Å². The van der Waals surface area contributed by atoms with Gasteiger partial charge in [0.15, 0.2) is 5.76 Å². The van der Waals surface area contributed by atoms with Gasteiger partial charge in [-0.25, -0.2) is 0 Å². The van der Waals surface area contributed by atoms with Gasteiger partial charge in [-0.05, 0) is 72.9 Å². The minimum atomic E-state index is -0.674. The number of carbonyl (C=O) groups excluding carboxylic acids is 2. The molecule has 0 spiro atoms. The number of hydrogen-bond donors (Lipinski definition) is 1. The van der Waals surface area contributed by atoms with E-state index in [-0.39, 0.29) is 23.6 Å². The third kappa shape index (κ3) is 5.00. The number of amides is 2. The van der Waals surface area contributed by atoms with E-state index in [1.807, 2.05) is 23.2 Å². The summed E-state index contributed by atoms with van der Waals surface area (Å²) in [4.78, 5) is 32.8. The Labute approximate surface area is 194 Å². The fourth-order valence-electron chi connectivity index (χ4n) is 4.73. The van der Waals surface area contributed by atoms with Crippen molar-refractivity contribution in [2.24, 2.45) is 0 Å². The average Bonchev–Trinajstić information content (AvgIpc) is 3.57. The van der Waals surface area contributed by atoms with Crippen LogP contribution < -0.4 is 5.32 Å². The maximum absolute atomic E-state index is 13.8. The molecule has 2 aliphatic rings. The Morgan fingerprint density at radius 2 is 1.88 bits per heavy atom. The van der Waals surface area contributed by atoms with Crippen LogP contribution in [-0.2, 0) is 11.2 Å². The highest BCUT2D eigenvalue weighted by molar-refractivity contribution is 5.95. The molecule has 2 amide bonds. The first-order valence-electron chi connectivity index (χ1n) is 11.8. The van der Waals surface area contributed by atoms with Crippen molar-refractivity contribution in [2.75, 3.05) is 6.54 Å². The molecule has 2 atom stereocenters. The fraction of sp³-hybridized carbons (Fsp3) is 0.370. The summed E-state index contributed by atoms with van der Waals surface area (Å²) < 4.78 is 5.27. The molecule has 6 heteroatoms. The van der Waals surface area contributed by atoms with Crippen molar-refractivity contribution >= 4 is 11.8 Å². The summed E-state index contributed by atoms with van der Waals surface area (Å²) >= 11 is 0. The molecule has 5 rings (SSSR count). The highest BCUT2D eigenvalue weighted by atomic mass is 16.3. The molecule has 0 radical (unpaired) electrons. The Bertz CT molecular complexity index is 1080. The van der Waals surface area contributed by atoms with Gasteiger partial charge in [-0.3, -0.25) is 14.6 Å². The summed E-state index contributed by atoms with van der Waals surface area (Å²) in [5, 5.41) is 2.95. The Morgan fingerprint density at radius 1 is 1.03 bits per heavy atom. The van der Waals surface area contributed by atoms with E-state index in [1.165, 1.54) is 24.7 Å². The normalized spacial score (nSPS) is 19.2. The van der Waals surface area contributed by atoms with Gasteiger partial charge in [-0.1, -0.05) is 30.3 Å². The molecular weight excluding hydrogens is 414 g/mol. The molecule has 0 bridgehead atoms. The first kappa shape index (κ1) is 21.4. The van der Waals surface area contributed by atoms with Crippen molar-refractivity contribution in [3.8, 4) is 0 Å². The van der Waals surface area contributed by atoms with E-state index in [0.29, 0.717) is 18.9 Å². The SMILES string of the molecule is O=C(N[C@@H](Cc1ccc(C2CC2)cc1)C(=O)N1CCCC[C@@H]1c1cccnc1)c1ccco1. The summed E-state index contributed by atoms with van der Waals surface area (Å²) in [6, 6.07) is 15.0. The number of nitrogens with zero attached hydrogens (tertiary/aromatic N) is 2. The second-order valence-electron chi connectivity index (χ2n) is 9.05. The van der Waals surface area contributed by atoms with Crippen LogP contribution in [0.25, 0.3) is 0 Å². The lowest BCUT2D eigenvalue weighted by Gasteiger charge is -2.38. The highest BCUT2D eigenvalue weighted by Crippen LogP contribution is 2.40.